The number of hydrogen-bond acceptors (Lipinski definition) is 4. The van der Waals surface area contributed by atoms with Crippen molar-refractivity contribution in [2.75, 3.05) is 31.6 Å². The fraction of sp³-hybridized carbons (Fsp3) is 0.500. The third kappa shape index (κ3) is 6.07. The second kappa shape index (κ2) is 10.1. The SMILES string of the molecule is CN=C(NCCCc1cnn(C)c1)NC1CCN(c2ccccc2OC(F)F)C1. The van der Waals surface area contributed by atoms with E-state index in [0.29, 0.717) is 12.2 Å². The van der Waals surface area contributed by atoms with Crippen LogP contribution in [0.5, 0.6) is 5.75 Å². The molecule has 1 fully saturated rings. The molecule has 7 nitrogen and oxygen atoms in total. The first kappa shape index (κ1) is 20.9. The zero-order chi connectivity index (χ0) is 20.6. The van der Waals surface area contributed by atoms with Gasteiger partial charge in [-0.15, -0.1) is 0 Å². The maximum Gasteiger partial charge on any atom is 0.387 e. The molecule has 0 bridgehead atoms. The molecule has 2 aromatic rings. The molecule has 0 amide bonds. The number of guanidine groups is 1. The van der Waals surface area contributed by atoms with Crippen molar-refractivity contribution in [1.82, 2.24) is 20.4 Å². The lowest BCUT2D eigenvalue weighted by Crippen LogP contribution is -2.44. The average molecular weight is 406 g/mol. The number of benzene rings is 1. The van der Waals surface area contributed by atoms with Gasteiger partial charge in [-0.25, -0.2) is 0 Å². The summed E-state index contributed by atoms with van der Waals surface area (Å²) in [7, 11) is 3.66. The summed E-state index contributed by atoms with van der Waals surface area (Å²) in [6.45, 7) is -0.572. The molecule has 1 atom stereocenters. The smallest absolute Gasteiger partial charge is 0.387 e. The molecule has 29 heavy (non-hydrogen) atoms. The van der Waals surface area contributed by atoms with Gasteiger partial charge in [-0.05, 0) is 37.0 Å². The first-order valence-electron chi connectivity index (χ1n) is 9.78. The van der Waals surface area contributed by atoms with Gasteiger partial charge in [-0.2, -0.15) is 13.9 Å². The predicted octanol–water partition coefficient (Wildman–Crippen LogP) is 2.40. The van der Waals surface area contributed by atoms with E-state index in [0.717, 1.165) is 38.3 Å². The summed E-state index contributed by atoms with van der Waals surface area (Å²) in [5.74, 6) is 0.959. The van der Waals surface area contributed by atoms with Crippen molar-refractivity contribution in [2.45, 2.75) is 31.9 Å². The van der Waals surface area contributed by atoms with Crippen LogP contribution in [-0.2, 0) is 13.5 Å². The number of aliphatic imine (C=N–C) groups is 1. The van der Waals surface area contributed by atoms with Gasteiger partial charge in [0.05, 0.1) is 11.9 Å². The van der Waals surface area contributed by atoms with Gasteiger partial charge in [0.2, 0.25) is 0 Å². The van der Waals surface area contributed by atoms with Gasteiger partial charge in [-0.3, -0.25) is 9.67 Å². The van der Waals surface area contributed by atoms with Crippen molar-refractivity contribution < 1.29 is 13.5 Å². The van der Waals surface area contributed by atoms with Crippen molar-refractivity contribution in [3.05, 3.63) is 42.2 Å². The van der Waals surface area contributed by atoms with E-state index in [1.807, 2.05) is 31.6 Å². The van der Waals surface area contributed by atoms with E-state index in [1.165, 1.54) is 5.56 Å². The number of hydrogen-bond donors (Lipinski definition) is 2. The number of aryl methyl sites for hydroxylation is 2. The molecule has 1 aromatic heterocycles. The van der Waals surface area contributed by atoms with Crippen molar-refractivity contribution in [2.24, 2.45) is 12.0 Å². The van der Waals surface area contributed by atoms with Crippen LogP contribution in [0.2, 0.25) is 0 Å². The molecule has 0 saturated carbocycles. The summed E-state index contributed by atoms with van der Waals surface area (Å²) in [6, 6.07) is 7.09. The molecule has 0 radical (unpaired) electrons. The Morgan fingerprint density at radius 1 is 1.38 bits per heavy atom. The fourth-order valence-corrected chi connectivity index (χ4v) is 3.50. The Balaban J connectivity index is 1.46. The van der Waals surface area contributed by atoms with Crippen LogP contribution >= 0.6 is 0 Å². The number of ether oxygens (including phenoxy) is 1. The van der Waals surface area contributed by atoms with Crippen molar-refractivity contribution in [3.63, 3.8) is 0 Å². The molecule has 0 spiro atoms. The number of nitrogens with one attached hydrogen (secondary N) is 2. The van der Waals surface area contributed by atoms with E-state index in [9.17, 15) is 8.78 Å². The van der Waals surface area contributed by atoms with Gasteiger partial charge in [0.25, 0.3) is 0 Å². The Bertz CT molecular complexity index is 810. The highest BCUT2D eigenvalue weighted by Crippen LogP contribution is 2.31. The maximum absolute atomic E-state index is 12.7. The standard InChI is InChI=1S/C20H28F2N6O/c1-23-20(24-10-5-6-15-12-25-27(2)13-15)26-16-9-11-28(14-16)17-7-3-4-8-18(17)29-19(21)22/h3-4,7-8,12-13,16,19H,5-6,9-11,14H2,1-2H3,(H2,23,24,26). The third-order valence-corrected chi connectivity index (χ3v) is 4.87. The Hall–Kier alpha value is -2.84. The van der Waals surface area contributed by atoms with E-state index in [1.54, 1.807) is 23.9 Å². The normalized spacial score (nSPS) is 17.1. The summed E-state index contributed by atoms with van der Waals surface area (Å²) < 4.78 is 31.8. The minimum atomic E-state index is -2.83. The van der Waals surface area contributed by atoms with Crippen molar-refractivity contribution in [3.8, 4) is 5.75 Å². The lowest BCUT2D eigenvalue weighted by atomic mass is 10.2. The monoisotopic (exact) mass is 406 g/mol. The van der Waals surface area contributed by atoms with E-state index in [2.05, 4.69) is 30.4 Å². The minimum absolute atomic E-state index is 0.180. The molecule has 1 aliphatic heterocycles. The zero-order valence-electron chi connectivity index (χ0n) is 16.8. The first-order valence-corrected chi connectivity index (χ1v) is 9.78. The molecule has 2 N–H and O–H groups in total. The zero-order valence-corrected chi connectivity index (χ0v) is 16.8. The van der Waals surface area contributed by atoms with Gasteiger partial charge in [-0.1, -0.05) is 12.1 Å². The van der Waals surface area contributed by atoms with Gasteiger partial charge < -0.3 is 20.3 Å². The summed E-state index contributed by atoms with van der Waals surface area (Å²) in [6.07, 6.45) is 6.72. The lowest BCUT2D eigenvalue weighted by Gasteiger charge is -2.22. The van der Waals surface area contributed by atoms with Crippen LogP contribution in [0.3, 0.4) is 0 Å². The highest BCUT2D eigenvalue weighted by atomic mass is 19.3. The summed E-state index contributed by atoms with van der Waals surface area (Å²) in [4.78, 5) is 6.35. The van der Waals surface area contributed by atoms with Crippen LogP contribution in [0.15, 0.2) is 41.7 Å². The first-order chi connectivity index (χ1) is 14.0. The number of anilines is 1. The molecule has 9 heteroatoms. The van der Waals surface area contributed by atoms with Crippen LogP contribution in [0, 0.1) is 0 Å². The molecule has 0 aliphatic carbocycles. The Morgan fingerprint density at radius 3 is 2.93 bits per heavy atom. The van der Waals surface area contributed by atoms with E-state index in [-0.39, 0.29) is 11.8 Å². The quantitative estimate of drug-likeness (QED) is 0.400. The molecular weight excluding hydrogens is 378 g/mol. The van der Waals surface area contributed by atoms with Gasteiger partial charge in [0.15, 0.2) is 5.96 Å². The Kier molecular flexibility index (Phi) is 7.26. The largest absolute Gasteiger partial charge is 0.433 e. The maximum atomic E-state index is 12.7. The number of para-hydroxylation sites is 2. The topological polar surface area (TPSA) is 66.7 Å². The van der Waals surface area contributed by atoms with Gasteiger partial charge >= 0.3 is 6.61 Å². The van der Waals surface area contributed by atoms with Crippen molar-refractivity contribution in [1.29, 1.82) is 0 Å². The number of nitrogens with zero attached hydrogens (tertiary/aromatic N) is 4. The average Bonchev–Trinajstić information content (AvgIpc) is 3.33. The second-order valence-corrected chi connectivity index (χ2v) is 7.05. The van der Waals surface area contributed by atoms with Crippen LogP contribution in [0.1, 0.15) is 18.4 Å². The summed E-state index contributed by atoms with van der Waals surface area (Å²) in [5, 5.41) is 10.9. The third-order valence-electron chi connectivity index (χ3n) is 4.87. The molecule has 1 unspecified atom stereocenters. The molecule has 2 heterocycles. The predicted molar refractivity (Wildman–Crippen MR) is 110 cm³/mol. The van der Waals surface area contributed by atoms with E-state index >= 15 is 0 Å². The van der Waals surface area contributed by atoms with Crippen LogP contribution in [0.25, 0.3) is 0 Å². The molecule has 3 rings (SSSR count). The number of halogens is 2. The van der Waals surface area contributed by atoms with E-state index in [4.69, 9.17) is 0 Å². The van der Waals surface area contributed by atoms with Crippen molar-refractivity contribution >= 4 is 11.6 Å². The lowest BCUT2D eigenvalue weighted by molar-refractivity contribution is -0.0495. The highest BCUT2D eigenvalue weighted by Gasteiger charge is 2.25. The Labute approximate surface area is 169 Å². The van der Waals surface area contributed by atoms with Crippen LogP contribution < -0.4 is 20.3 Å². The number of aromatic nitrogens is 2. The number of rotatable bonds is 8. The molecule has 158 valence electrons. The van der Waals surface area contributed by atoms with Gasteiger partial charge in [0, 0.05) is 46.0 Å². The second-order valence-electron chi connectivity index (χ2n) is 7.05. The fourth-order valence-electron chi connectivity index (χ4n) is 3.50. The minimum Gasteiger partial charge on any atom is -0.433 e. The molecule has 1 aliphatic rings. The molecule has 1 saturated heterocycles. The van der Waals surface area contributed by atoms with Crippen LogP contribution in [0.4, 0.5) is 14.5 Å². The van der Waals surface area contributed by atoms with Gasteiger partial charge in [0.1, 0.15) is 5.75 Å². The number of alkyl halides is 2. The summed E-state index contributed by atoms with van der Waals surface area (Å²) in [5.41, 5.74) is 1.91. The Morgan fingerprint density at radius 2 is 2.21 bits per heavy atom. The van der Waals surface area contributed by atoms with E-state index < -0.39 is 6.61 Å². The van der Waals surface area contributed by atoms with Crippen LogP contribution in [-0.4, -0.2) is 55.1 Å². The summed E-state index contributed by atoms with van der Waals surface area (Å²) >= 11 is 0. The molecule has 1 aromatic carbocycles. The highest BCUT2D eigenvalue weighted by molar-refractivity contribution is 5.80. The molecular formula is C20H28F2N6O.